The van der Waals surface area contributed by atoms with Crippen LogP contribution in [0.3, 0.4) is 0 Å². The summed E-state index contributed by atoms with van der Waals surface area (Å²) in [4.78, 5) is 10.8. The maximum atomic E-state index is 10.8. The van der Waals surface area contributed by atoms with Gasteiger partial charge in [0.1, 0.15) is 0 Å². The molecule has 0 aromatic rings. The van der Waals surface area contributed by atoms with Crippen molar-refractivity contribution in [1.82, 2.24) is 10.6 Å². The fraction of sp³-hybridized carbons (Fsp3) is 0.727. The second-order valence-electron chi connectivity index (χ2n) is 3.60. The molecule has 82 valence electrons. The van der Waals surface area contributed by atoms with Crippen molar-refractivity contribution in [3.63, 3.8) is 0 Å². The highest BCUT2D eigenvalue weighted by molar-refractivity contribution is 5.86. The first-order valence-electron chi connectivity index (χ1n) is 5.44. The zero-order valence-corrected chi connectivity index (χ0v) is 9.05. The Morgan fingerprint density at radius 3 is 2.64 bits per heavy atom. The number of fused-ring (bicyclic) bond motifs is 1. The van der Waals surface area contributed by atoms with E-state index in [4.69, 9.17) is 0 Å². The summed E-state index contributed by atoms with van der Waals surface area (Å²) in [6.45, 7) is 10.5. The molecule has 0 aromatic heterocycles. The summed E-state index contributed by atoms with van der Waals surface area (Å²) in [6.07, 6.45) is 1.33. The fourth-order valence-electron chi connectivity index (χ4n) is 2.14. The molecule has 0 radical (unpaired) electrons. The van der Waals surface area contributed by atoms with Crippen LogP contribution in [0.2, 0.25) is 0 Å². The van der Waals surface area contributed by atoms with E-state index in [9.17, 15) is 4.79 Å². The minimum Gasteiger partial charge on any atom is -0.352 e. The third-order valence-electron chi connectivity index (χ3n) is 2.97. The summed E-state index contributed by atoms with van der Waals surface area (Å²) in [5.74, 6) is 2.34. The molecule has 1 saturated carbocycles. The molecule has 3 heteroatoms. The SMILES string of the molecule is C=CC(=O)NCC1C2CNCC21.CC.[HH]. The van der Waals surface area contributed by atoms with Crippen molar-refractivity contribution in [1.29, 1.82) is 0 Å². The molecule has 1 aliphatic carbocycles. The molecule has 1 amide bonds. The number of hydrogen-bond acceptors (Lipinski definition) is 2. The van der Waals surface area contributed by atoms with Crippen molar-refractivity contribution in [2.24, 2.45) is 17.8 Å². The van der Waals surface area contributed by atoms with Gasteiger partial charge in [0.25, 0.3) is 0 Å². The van der Waals surface area contributed by atoms with Gasteiger partial charge in [-0.05, 0) is 36.9 Å². The molecule has 2 atom stereocenters. The largest absolute Gasteiger partial charge is 0.352 e. The van der Waals surface area contributed by atoms with Gasteiger partial charge in [-0.3, -0.25) is 4.79 Å². The van der Waals surface area contributed by atoms with Crippen molar-refractivity contribution in [3.8, 4) is 0 Å². The molecule has 2 unspecified atom stereocenters. The molecule has 1 aliphatic heterocycles. The Morgan fingerprint density at radius 2 is 2.14 bits per heavy atom. The van der Waals surface area contributed by atoms with Gasteiger partial charge >= 0.3 is 0 Å². The van der Waals surface area contributed by atoms with Crippen LogP contribution in [0.25, 0.3) is 0 Å². The molecule has 2 N–H and O–H groups in total. The van der Waals surface area contributed by atoms with Crippen LogP contribution in [-0.2, 0) is 4.79 Å². The van der Waals surface area contributed by atoms with Crippen LogP contribution >= 0.6 is 0 Å². The smallest absolute Gasteiger partial charge is 0.243 e. The molecule has 0 bridgehead atoms. The summed E-state index contributed by atoms with van der Waals surface area (Å²) in [5.41, 5.74) is 0. The molecule has 14 heavy (non-hydrogen) atoms. The van der Waals surface area contributed by atoms with Crippen LogP contribution < -0.4 is 10.6 Å². The van der Waals surface area contributed by atoms with Gasteiger partial charge in [-0.1, -0.05) is 20.4 Å². The van der Waals surface area contributed by atoms with Gasteiger partial charge in [0.15, 0.2) is 0 Å². The van der Waals surface area contributed by atoms with Crippen molar-refractivity contribution in [3.05, 3.63) is 12.7 Å². The zero-order chi connectivity index (χ0) is 10.6. The number of carbonyl (C=O) groups excluding carboxylic acids is 1. The van der Waals surface area contributed by atoms with E-state index in [1.54, 1.807) is 0 Å². The van der Waals surface area contributed by atoms with Crippen LogP contribution in [0.1, 0.15) is 15.3 Å². The number of hydrogen-bond donors (Lipinski definition) is 2. The number of amides is 1. The summed E-state index contributed by atoms with van der Waals surface area (Å²) in [7, 11) is 0. The van der Waals surface area contributed by atoms with E-state index in [1.807, 2.05) is 13.8 Å². The van der Waals surface area contributed by atoms with Crippen LogP contribution in [-0.4, -0.2) is 25.5 Å². The fourth-order valence-corrected chi connectivity index (χ4v) is 2.14. The number of nitrogens with one attached hydrogen (secondary N) is 2. The molecule has 2 aliphatic rings. The van der Waals surface area contributed by atoms with Crippen molar-refractivity contribution in [2.45, 2.75) is 13.8 Å². The highest BCUT2D eigenvalue weighted by Gasteiger charge is 2.52. The minimum atomic E-state index is -0.0482. The minimum absolute atomic E-state index is 0. The van der Waals surface area contributed by atoms with Crippen molar-refractivity contribution >= 4 is 5.91 Å². The first-order chi connectivity index (χ1) is 6.83. The predicted octanol–water partition coefficient (Wildman–Crippen LogP) is 1.03. The average Bonchev–Trinajstić information content (AvgIpc) is 2.68. The van der Waals surface area contributed by atoms with E-state index in [2.05, 4.69) is 17.2 Å². The van der Waals surface area contributed by atoms with E-state index in [0.717, 1.165) is 37.4 Å². The second-order valence-corrected chi connectivity index (χ2v) is 3.60. The van der Waals surface area contributed by atoms with Gasteiger partial charge < -0.3 is 10.6 Å². The first-order valence-corrected chi connectivity index (χ1v) is 5.44. The third kappa shape index (κ3) is 2.35. The average molecular weight is 198 g/mol. The Bertz CT molecular complexity index is 211. The highest BCUT2D eigenvalue weighted by Crippen LogP contribution is 2.47. The monoisotopic (exact) mass is 198 g/mol. The standard InChI is InChI=1S/C9H14N2O.C2H6.H2/c1-2-9(12)11-5-8-6-3-10-4-7(6)8;1-2;/h2,6-8,10H,1,3-5H2,(H,11,12);1-2H3;1H. The Hall–Kier alpha value is -0.830. The molecule has 1 heterocycles. The summed E-state index contributed by atoms with van der Waals surface area (Å²) >= 11 is 0. The van der Waals surface area contributed by atoms with E-state index < -0.39 is 0 Å². The van der Waals surface area contributed by atoms with Crippen molar-refractivity contribution < 1.29 is 6.22 Å². The number of carbonyl (C=O) groups is 1. The lowest BCUT2D eigenvalue weighted by Gasteiger charge is -2.04. The maximum absolute atomic E-state index is 10.8. The quantitative estimate of drug-likeness (QED) is 0.665. The van der Waals surface area contributed by atoms with Gasteiger partial charge in [-0.15, -0.1) is 0 Å². The van der Waals surface area contributed by atoms with Crippen LogP contribution in [0.5, 0.6) is 0 Å². The lowest BCUT2D eigenvalue weighted by atomic mass is 10.3. The molecule has 0 aromatic carbocycles. The van der Waals surface area contributed by atoms with Crippen LogP contribution in [0.15, 0.2) is 12.7 Å². The Labute approximate surface area is 87.4 Å². The highest BCUT2D eigenvalue weighted by atomic mass is 16.1. The molecule has 2 rings (SSSR count). The van der Waals surface area contributed by atoms with Crippen LogP contribution in [0.4, 0.5) is 0 Å². The molecular weight excluding hydrogens is 176 g/mol. The van der Waals surface area contributed by atoms with Crippen molar-refractivity contribution in [2.75, 3.05) is 19.6 Å². The second kappa shape index (κ2) is 5.15. The molecule has 1 saturated heterocycles. The molecule has 0 spiro atoms. The number of piperidine rings is 1. The van der Waals surface area contributed by atoms with E-state index >= 15 is 0 Å². The Morgan fingerprint density at radius 1 is 1.57 bits per heavy atom. The van der Waals surface area contributed by atoms with Crippen LogP contribution in [0, 0.1) is 17.8 Å². The van der Waals surface area contributed by atoms with Gasteiger partial charge in [-0.25, -0.2) is 0 Å². The number of rotatable bonds is 3. The predicted molar refractivity (Wildman–Crippen MR) is 60.0 cm³/mol. The Kier molecular flexibility index (Phi) is 4.14. The van der Waals surface area contributed by atoms with Gasteiger partial charge in [0.05, 0.1) is 0 Å². The molecule has 2 fully saturated rings. The first kappa shape index (κ1) is 11.2. The maximum Gasteiger partial charge on any atom is 0.243 e. The van der Waals surface area contributed by atoms with Gasteiger partial charge in [0, 0.05) is 7.97 Å². The van der Waals surface area contributed by atoms with E-state index in [1.165, 1.54) is 6.08 Å². The molecular formula is C11H22N2O. The zero-order valence-electron chi connectivity index (χ0n) is 9.05. The van der Waals surface area contributed by atoms with E-state index in [0.29, 0.717) is 0 Å². The third-order valence-corrected chi connectivity index (χ3v) is 2.97. The topological polar surface area (TPSA) is 41.1 Å². The van der Waals surface area contributed by atoms with Gasteiger partial charge in [0.2, 0.25) is 5.91 Å². The Balaban J connectivity index is 0.000000617. The lowest BCUT2D eigenvalue weighted by molar-refractivity contribution is -0.116. The van der Waals surface area contributed by atoms with Gasteiger partial charge in [-0.2, -0.15) is 0 Å². The summed E-state index contributed by atoms with van der Waals surface area (Å²) < 4.78 is 0. The lowest BCUT2D eigenvalue weighted by Crippen LogP contribution is -2.27. The summed E-state index contributed by atoms with van der Waals surface area (Å²) in [6, 6.07) is 0. The molecule has 3 nitrogen and oxygen atoms in total. The van der Waals surface area contributed by atoms with E-state index in [-0.39, 0.29) is 7.33 Å². The summed E-state index contributed by atoms with van der Waals surface area (Å²) in [5, 5.41) is 6.16. The normalized spacial score (nSPS) is 32.3.